The van der Waals surface area contributed by atoms with Gasteiger partial charge in [0.05, 0.1) is 12.3 Å². The van der Waals surface area contributed by atoms with Gasteiger partial charge in [-0.05, 0) is 31.0 Å². The summed E-state index contributed by atoms with van der Waals surface area (Å²) in [6, 6.07) is 9.29. The van der Waals surface area contributed by atoms with Crippen LogP contribution in [0.5, 0.6) is 0 Å². The molecule has 1 aromatic heterocycles. The van der Waals surface area contributed by atoms with E-state index in [4.69, 9.17) is 0 Å². The maximum Gasteiger partial charge on any atom is 0.244 e. The van der Waals surface area contributed by atoms with E-state index in [1.807, 2.05) is 38.1 Å². The molecule has 1 heterocycles. The lowest BCUT2D eigenvalue weighted by Crippen LogP contribution is -2.39. The van der Waals surface area contributed by atoms with Gasteiger partial charge in [-0.25, -0.2) is 9.97 Å². The number of hydrogen-bond acceptors (Lipinski definition) is 5. The first kappa shape index (κ1) is 18.9. The maximum atomic E-state index is 12.4. The number of rotatable bonds is 8. The normalized spacial score (nSPS) is 10.3. The highest BCUT2D eigenvalue weighted by atomic mass is 32.2. The summed E-state index contributed by atoms with van der Waals surface area (Å²) in [7, 11) is 0. The highest BCUT2D eigenvalue weighted by Crippen LogP contribution is 2.14. The molecule has 2 aromatic rings. The van der Waals surface area contributed by atoms with Crippen LogP contribution in [0.4, 0.5) is 5.69 Å². The Bertz CT molecular complexity index is 709. The van der Waals surface area contributed by atoms with Crippen LogP contribution in [-0.4, -0.2) is 45.5 Å². The van der Waals surface area contributed by atoms with Crippen molar-refractivity contribution in [2.24, 2.45) is 0 Å². The van der Waals surface area contributed by atoms with Crippen molar-refractivity contribution in [3.8, 4) is 0 Å². The van der Waals surface area contributed by atoms with E-state index < -0.39 is 0 Å². The summed E-state index contributed by atoms with van der Waals surface area (Å²) < 4.78 is 0. The van der Waals surface area contributed by atoms with Crippen molar-refractivity contribution in [2.45, 2.75) is 25.4 Å². The molecule has 0 atom stereocenters. The van der Waals surface area contributed by atoms with Crippen molar-refractivity contribution in [3.63, 3.8) is 0 Å². The second-order valence-electron chi connectivity index (χ2n) is 5.50. The minimum Gasteiger partial charge on any atom is -0.333 e. The Morgan fingerprint density at radius 2 is 1.88 bits per heavy atom. The number of nitrogens with zero attached hydrogens (tertiary/aromatic N) is 3. The van der Waals surface area contributed by atoms with E-state index >= 15 is 0 Å². The van der Waals surface area contributed by atoms with E-state index in [1.165, 1.54) is 11.8 Å². The molecule has 0 radical (unpaired) electrons. The third kappa shape index (κ3) is 6.19. The zero-order chi connectivity index (χ0) is 18.1. The number of para-hydroxylation sites is 1. The Morgan fingerprint density at radius 3 is 2.56 bits per heavy atom. The number of aromatic nitrogens is 2. The van der Waals surface area contributed by atoms with Gasteiger partial charge in [0.1, 0.15) is 0 Å². The molecule has 0 aliphatic carbocycles. The van der Waals surface area contributed by atoms with Gasteiger partial charge < -0.3 is 10.2 Å². The molecule has 0 saturated carbocycles. The maximum absolute atomic E-state index is 12.4. The number of hydrogen-bond donors (Lipinski definition) is 1. The summed E-state index contributed by atoms with van der Waals surface area (Å²) in [5.74, 6) is -0.0851. The first-order chi connectivity index (χ1) is 12.1. The zero-order valence-electron chi connectivity index (χ0n) is 14.4. The smallest absolute Gasteiger partial charge is 0.244 e. The number of carbonyl (C=O) groups excluding carboxylic acids is 2. The molecule has 0 spiro atoms. The molecule has 0 aliphatic rings. The summed E-state index contributed by atoms with van der Waals surface area (Å²) in [6.07, 6.45) is 4.06. The van der Waals surface area contributed by atoms with Crippen LogP contribution < -0.4 is 5.32 Å². The standard InChI is InChI=1S/C18H22N4O2S/c1-3-11-22(17(24)13-25-18-19-9-6-10-20-18)12-16(23)21-15-8-5-4-7-14(15)2/h4-10H,3,11-13H2,1-2H3,(H,21,23). The van der Waals surface area contributed by atoms with Gasteiger partial charge in [-0.15, -0.1) is 0 Å². The minimum absolute atomic E-state index is 0.0389. The fourth-order valence-electron chi connectivity index (χ4n) is 2.22. The van der Waals surface area contributed by atoms with Gasteiger partial charge in [-0.3, -0.25) is 9.59 Å². The molecule has 0 saturated heterocycles. The topological polar surface area (TPSA) is 75.2 Å². The number of nitrogens with one attached hydrogen (secondary N) is 1. The van der Waals surface area contributed by atoms with Crippen LogP contribution >= 0.6 is 11.8 Å². The van der Waals surface area contributed by atoms with E-state index in [0.717, 1.165) is 17.7 Å². The van der Waals surface area contributed by atoms with Crippen LogP contribution in [-0.2, 0) is 9.59 Å². The summed E-state index contributed by atoms with van der Waals surface area (Å²) >= 11 is 1.27. The Balaban J connectivity index is 1.91. The molecular weight excluding hydrogens is 336 g/mol. The first-order valence-corrected chi connectivity index (χ1v) is 9.11. The lowest BCUT2D eigenvalue weighted by atomic mass is 10.2. The largest absolute Gasteiger partial charge is 0.333 e. The molecule has 1 aromatic carbocycles. The molecule has 6 nitrogen and oxygen atoms in total. The average molecular weight is 358 g/mol. The molecule has 7 heteroatoms. The SMILES string of the molecule is CCCN(CC(=O)Nc1ccccc1C)C(=O)CSc1ncccn1. The molecule has 1 N–H and O–H groups in total. The molecule has 132 valence electrons. The van der Waals surface area contributed by atoms with E-state index in [9.17, 15) is 9.59 Å². The van der Waals surface area contributed by atoms with Crippen LogP contribution in [0.15, 0.2) is 47.9 Å². The average Bonchev–Trinajstić information content (AvgIpc) is 2.62. The van der Waals surface area contributed by atoms with Gasteiger partial charge in [0, 0.05) is 24.6 Å². The molecule has 25 heavy (non-hydrogen) atoms. The van der Waals surface area contributed by atoms with Crippen molar-refractivity contribution in [1.29, 1.82) is 0 Å². The Labute approximate surface area is 152 Å². The van der Waals surface area contributed by atoms with Gasteiger partial charge in [-0.2, -0.15) is 0 Å². The third-order valence-electron chi connectivity index (χ3n) is 3.47. The summed E-state index contributed by atoms with van der Waals surface area (Å²) in [4.78, 5) is 34.5. The molecule has 0 bridgehead atoms. The summed E-state index contributed by atoms with van der Waals surface area (Å²) in [5, 5.41) is 3.42. The first-order valence-electron chi connectivity index (χ1n) is 8.13. The van der Waals surface area contributed by atoms with E-state index in [1.54, 1.807) is 23.4 Å². The van der Waals surface area contributed by atoms with Gasteiger partial charge in [0.25, 0.3) is 0 Å². The van der Waals surface area contributed by atoms with Gasteiger partial charge >= 0.3 is 0 Å². The van der Waals surface area contributed by atoms with Crippen LogP contribution in [0.3, 0.4) is 0 Å². The highest BCUT2D eigenvalue weighted by Gasteiger charge is 2.17. The van der Waals surface area contributed by atoms with Gasteiger partial charge in [0.2, 0.25) is 11.8 Å². The Kier molecular flexibility index (Phi) is 7.40. The van der Waals surface area contributed by atoms with Crippen molar-refractivity contribution < 1.29 is 9.59 Å². The van der Waals surface area contributed by atoms with Crippen molar-refractivity contribution >= 4 is 29.3 Å². The van der Waals surface area contributed by atoms with Crippen molar-refractivity contribution in [1.82, 2.24) is 14.9 Å². The minimum atomic E-state index is -0.197. The fraction of sp³-hybridized carbons (Fsp3) is 0.333. The predicted molar refractivity (Wildman–Crippen MR) is 99.4 cm³/mol. The zero-order valence-corrected chi connectivity index (χ0v) is 15.3. The molecular formula is C18H22N4O2S. The fourth-order valence-corrected chi connectivity index (χ4v) is 2.92. The monoisotopic (exact) mass is 358 g/mol. The van der Waals surface area contributed by atoms with Crippen LogP contribution in [0.1, 0.15) is 18.9 Å². The number of benzene rings is 1. The van der Waals surface area contributed by atoms with Gasteiger partial charge in [-0.1, -0.05) is 36.9 Å². The lowest BCUT2D eigenvalue weighted by Gasteiger charge is -2.21. The number of thioether (sulfide) groups is 1. The molecule has 0 fully saturated rings. The van der Waals surface area contributed by atoms with Crippen molar-refractivity contribution in [2.75, 3.05) is 24.2 Å². The third-order valence-corrected chi connectivity index (χ3v) is 4.33. The van der Waals surface area contributed by atoms with E-state index in [2.05, 4.69) is 15.3 Å². The number of amides is 2. The lowest BCUT2D eigenvalue weighted by molar-refractivity contribution is -0.132. The molecule has 2 amide bonds. The molecule has 0 unspecified atom stereocenters. The Hall–Kier alpha value is -2.41. The van der Waals surface area contributed by atoms with E-state index in [-0.39, 0.29) is 24.1 Å². The number of carbonyl (C=O) groups is 2. The van der Waals surface area contributed by atoms with Crippen LogP contribution in [0, 0.1) is 6.92 Å². The highest BCUT2D eigenvalue weighted by molar-refractivity contribution is 7.99. The van der Waals surface area contributed by atoms with E-state index in [0.29, 0.717) is 11.7 Å². The van der Waals surface area contributed by atoms with Crippen LogP contribution in [0.25, 0.3) is 0 Å². The quantitative estimate of drug-likeness (QED) is 0.580. The summed E-state index contributed by atoms with van der Waals surface area (Å²) in [6.45, 7) is 4.49. The second kappa shape index (κ2) is 9.78. The molecule has 2 rings (SSSR count). The Morgan fingerprint density at radius 1 is 1.16 bits per heavy atom. The summed E-state index contributed by atoms with van der Waals surface area (Å²) in [5.41, 5.74) is 1.75. The van der Waals surface area contributed by atoms with Crippen LogP contribution in [0.2, 0.25) is 0 Å². The number of anilines is 1. The van der Waals surface area contributed by atoms with Gasteiger partial charge in [0.15, 0.2) is 5.16 Å². The predicted octanol–water partition coefficient (Wildman–Crippen LogP) is 2.75. The number of aryl methyl sites for hydroxylation is 1. The molecule has 0 aliphatic heterocycles. The second-order valence-corrected chi connectivity index (χ2v) is 6.44. The van der Waals surface area contributed by atoms with Crippen molar-refractivity contribution in [3.05, 3.63) is 48.3 Å².